The van der Waals surface area contributed by atoms with Crippen LogP contribution in [-0.2, 0) is 12.8 Å². The molecule has 0 bridgehead atoms. The SMILES string of the molecule is C[C@@H]1CN(c2ncc(CO)cc2Cl)CCN1c1nc2c(NC(C3CCCCC3)C3CCCCC3)cc(C(F)(F)F)cc2[nH]1. The number of hydrogen-bond acceptors (Lipinski definition) is 6. The molecule has 3 aliphatic rings. The summed E-state index contributed by atoms with van der Waals surface area (Å²) in [5.74, 6) is 2.18. The fourth-order valence-electron chi connectivity index (χ4n) is 7.56. The summed E-state index contributed by atoms with van der Waals surface area (Å²) in [4.78, 5) is 16.9. The maximum Gasteiger partial charge on any atom is 0.416 e. The number of aromatic amines is 1. The van der Waals surface area contributed by atoms with E-state index in [9.17, 15) is 18.3 Å². The van der Waals surface area contributed by atoms with Gasteiger partial charge < -0.3 is 25.2 Å². The molecule has 3 fully saturated rings. The van der Waals surface area contributed by atoms with Crippen molar-refractivity contribution in [3.05, 3.63) is 40.5 Å². The number of piperazine rings is 1. The van der Waals surface area contributed by atoms with E-state index in [0.29, 0.717) is 70.5 Å². The number of rotatable bonds is 7. The van der Waals surface area contributed by atoms with Gasteiger partial charge in [0.2, 0.25) is 5.95 Å². The Balaban J connectivity index is 1.30. The van der Waals surface area contributed by atoms with Crippen LogP contribution in [-0.4, -0.2) is 51.8 Å². The summed E-state index contributed by atoms with van der Waals surface area (Å²) in [6.07, 6.45) is 8.93. The van der Waals surface area contributed by atoms with Crippen molar-refractivity contribution in [1.82, 2.24) is 15.0 Å². The lowest BCUT2D eigenvalue weighted by Gasteiger charge is -2.40. The fourth-order valence-corrected chi connectivity index (χ4v) is 7.86. The first-order valence-electron chi connectivity index (χ1n) is 15.9. The Labute approximate surface area is 256 Å². The number of anilines is 3. The second-order valence-corrected chi connectivity index (χ2v) is 13.1. The molecule has 0 amide bonds. The Hall–Kier alpha value is -2.72. The molecule has 1 atom stereocenters. The van der Waals surface area contributed by atoms with E-state index in [2.05, 4.69) is 32.0 Å². The summed E-state index contributed by atoms with van der Waals surface area (Å²) >= 11 is 6.47. The van der Waals surface area contributed by atoms with Crippen LogP contribution in [0.4, 0.5) is 30.6 Å². The van der Waals surface area contributed by atoms with Crippen LogP contribution in [0.1, 0.15) is 82.3 Å². The highest BCUT2D eigenvalue weighted by Gasteiger charge is 2.36. The van der Waals surface area contributed by atoms with Gasteiger partial charge in [0.25, 0.3) is 0 Å². The number of alkyl halides is 3. The number of aliphatic hydroxyl groups is 1. The number of H-pyrrole nitrogens is 1. The van der Waals surface area contributed by atoms with E-state index in [1.165, 1.54) is 50.7 Å². The molecule has 1 aliphatic heterocycles. The average molecular weight is 619 g/mol. The second-order valence-electron chi connectivity index (χ2n) is 12.7. The van der Waals surface area contributed by atoms with Crippen molar-refractivity contribution in [2.45, 2.75) is 96.0 Å². The first-order valence-corrected chi connectivity index (χ1v) is 16.2. The number of hydrogen-bond donors (Lipinski definition) is 3. The molecule has 7 nitrogen and oxygen atoms in total. The molecule has 3 heterocycles. The van der Waals surface area contributed by atoms with E-state index in [-0.39, 0.29) is 18.7 Å². The smallest absolute Gasteiger partial charge is 0.392 e. The third-order valence-corrected chi connectivity index (χ3v) is 10.1. The van der Waals surface area contributed by atoms with Crippen LogP contribution >= 0.6 is 11.6 Å². The van der Waals surface area contributed by atoms with Gasteiger partial charge in [0, 0.05) is 37.9 Å². The maximum atomic E-state index is 14.1. The Bertz CT molecular complexity index is 1380. The molecule has 3 aromatic rings. The van der Waals surface area contributed by atoms with Crippen molar-refractivity contribution >= 4 is 40.1 Å². The van der Waals surface area contributed by atoms with Crippen LogP contribution < -0.4 is 15.1 Å². The Kier molecular flexibility index (Phi) is 8.96. The van der Waals surface area contributed by atoms with Crippen LogP contribution in [0, 0.1) is 11.8 Å². The number of aromatic nitrogens is 3. The summed E-state index contributed by atoms with van der Waals surface area (Å²) in [5, 5.41) is 13.6. The second kappa shape index (κ2) is 12.7. The van der Waals surface area contributed by atoms with Gasteiger partial charge in [-0.2, -0.15) is 13.2 Å². The topological polar surface area (TPSA) is 80.3 Å². The normalized spacial score (nSPS) is 21.2. The minimum atomic E-state index is -4.46. The molecular weight excluding hydrogens is 577 g/mol. The number of nitrogens with zero attached hydrogens (tertiary/aromatic N) is 4. The molecule has 6 rings (SSSR count). The summed E-state index contributed by atoms with van der Waals surface area (Å²) in [6.45, 7) is 3.78. The molecule has 234 valence electrons. The molecule has 3 N–H and O–H groups in total. The summed E-state index contributed by atoms with van der Waals surface area (Å²) in [5.41, 5.74) is 1.45. The molecule has 0 unspecified atom stereocenters. The van der Waals surface area contributed by atoms with Crippen LogP contribution in [0.15, 0.2) is 24.4 Å². The first kappa shape index (κ1) is 30.3. The zero-order chi connectivity index (χ0) is 30.1. The molecule has 0 radical (unpaired) electrons. The van der Waals surface area contributed by atoms with Gasteiger partial charge in [0.15, 0.2) is 0 Å². The lowest BCUT2D eigenvalue weighted by Crippen LogP contribution is -2.52. The molecule has 2 aromatic heterocycles. The lowest BCUT2D eigenvalue weighted by atomic mass is 9.73. The van der Waals surface area contributed by atoms with E-state index in [1.807, 2.05) is 0 Å². The van der Waals surface area contributed by atoms with E-state index in [1.54, 1.807) is 12.3 Å². The number of benzene rings is 1. The van der Waals surface area contributed by atoms with Gasteiger partial charge in [-0.3, -0.25) is 0 Å². The Morgan fingerprint density at radius 1 is 1.02 bits per heavy atom. The molecule has 1 aromatic carbocycles. The number of aliphatic hydroxyl groups excluding tert-OH is 1. The molecule has 11 heteroatoms. The van der Waals surface area contributed by atoms with Crippen molar-refractivity contribution in [2.75, 3.05) is 34.8 Å². The first-order chi connectivity index (χ1) is 20.7. The number of fused-ring (bicyclic) bond motifs is 1. The summed E-state index contributed by atoms with van der Waals surface area (Å²) < 4.78 is 42.4. The highest BCUT2D eigenvalue weighted by atomic mass is 35.5. The number of nitrogens with one attached hydrogen (secondary N) is 2. The monoisotopic (exact) mass is 618 g/mol. The van der Waals surface area contributed by atoms with Gasteiger partial charge in [-0.1, -0.05) is 50.1 Å². The molecule has 2 aliphatic carbocycles. The van der Waals surface area contributed by atoms with Gasteiger partial charge in [-0.05, 0) is 68.2 Å². The average Bonchev–Trinajstić information content (AvgIpc) is 3.44. The lowest BCUT2D eigenvalue weighted by molar-refractivity contribution is -0.137. The minimum absolute atomic E-state index is 0.000388. The van der Waals surface area contributed by atoms with E-state index < -0.39 is 11.7 Å². The molecule has 1 saturated heterocycles. The van der Waals surface area contributed by atoms with Crippen LogP contribution in [0.25, 0.3) is 11.0 Å². The van der Waals surface area contributed by atoms with Gasteiger partial charge in [0.1, 0.15) is 11.3 Å². The third kappa shape index (κ3) is 6.55. The molecular formula is C32H42ClF3N6O. The van der Waals surface area contributed by atoms with Gasteiger partial charge >= 0.3 is 6.18 Å². The Morgan fingerprint density at radius 2 is 1.70 bits per heavy atom. The zero-order valence-corrected chi connectivity index (χ0v) is 25.5. The van der Waals surface area contributed by atoms with Gasteiger partial charge in [-0.15, -0.1) is 0 Å². The van der Waals surface area contributed by atoms with Crippen LogP contribution in [0.3, 0.4) is 0 Å². The predicted molar refractivity (Wildman–Crippen MR) is 166 cm³/mol. The highest BCUT2D eigenvalue weighted by molar-refractivity contribution is 6.33. The quantitative estimate of drug-likeness (QED) is 0.251. The number of imidazole rings is 1. The fraction of sp³-hybridized carbons (Fsp3) is 0.625. The van der Waals surface area contributed by atoms with E-state index in [4.69, 9.17) is 16.6 Å². The summed E-state index contributed by atoms with van der Waals surface area (Å²) in [6, 6.07) is 4.35. The van der Waals surface area contributed by atoms with Crippen molar-refractivity contribution < 1.29 is 18.3 Å². The van der Waals surface area contributed by atoms with Crippen molar-refractivity contribution in [3.63, 3.8) is 0 Å². The van der Waals surface area contributed by atoms with Gasteiger partial charge in [-0.25, -0.2) is 9.97 Å². The predicted octanol–water partition coefficient (Wildman–Crippen LogP) is 7.78. The van der Waals surface area contributed by atoms with Crippen molar-refractivity contribution in [1.29, 1.82) is 0 Å². The van der Waals surface area contributed by atoms with E-state index in [0.717, 1.165) is 25.7 Å². The third-order valence-electron chi connectivity index (χ3n) is 9.80. The van der Waals surface area contributed by atoms with Crippen LogP contribution in [0.2, 0.25) is 5.02 Å². The highest BCUT2D eigenvalue weighted by Crippen LogP contribution is 2.41. The van der Waals surface area contributed by atoms with Crippen LogP contribution in [0.5, 0.6) is 0 Å². The molecule has 0 spiro atoms. The van der Waals surface area contributed by atoms with E-state index >= 15 is 0 Å². The number of halogens is 4. The van der Waals surface area contributed by atoms with Crippen molar-refractivity contribution in [2.24, 2.45) is 11.8 Å². The number of pyridine rings is 1. The maximum absolute atomic E-state index is 14.1. The van der Waals surface area contributed by atoms with Crippen molar-refractivity contribution in [3.8, 4) is 0 Å². The largest absolute Gasteiger partial charge is 0.416 e. The zero-order valence-electron chi connectivity index (χ0n) is 24.8. The minimum Gasteiger partial charge on any atom is -0.392 e. The Morgan fingerprint density at radius 3 is 2.28 bits per heavy atom. The molecule has 43 heavy (non-hydrogen) atoms. The molecule has 2 saturated carbocycles. The standard InChI is InChI=1S/C32H42ClF3N6O/c1-20-18-41(30-25(33)14-21(19-43)17-37-30)12-13-42(20)31-39-27-16-24(32(34,35)36)15-26(29(27)40-31)38-28(22-8-4-2-5-9-22)23-10-6-3-7-11-23/h14-17,20,22-23,28,38,43H,2-13,18-19H2,1H3,(H,39,40)/t20-/m1/s1. The summed E-state index contributed by atoms with van der Waals surface area (Å²) in [7, 11) is 0. The van der Waals surface area contributed by atoms with Gasteiger partial charge in [0.05, 0.1) is 28.4 Å².